The average Bonchev–Trinajstić information content (AvgIpc) is 3.29. The maximum absolute atomic E-state index is 11.1. The molecular formula is C21H28O. The Morgan fingerprint density at radius 2 is 1.27 bits per heavy atom. The Bertz CT molecular complexity index is 555. The lowest BCUT2D eigenvalue weighted by Crippen LogP contribution is -2.13. The van der Waals surface area contributed by atoms with Gasteiger partial charge in [0.05, 0.1) is 0 Å². The lowest BCUT2D eigenvalue weighted by molar-refractivity contribution is 0.376. The Labute approximate surface area is 134 Å². The molecule has 1 N–H and O–H groups in total. The molecule has 0 spiro atoms. The molecule has 0 unspecified atom stereocenters. The van der Waals surface area contributed by atoms with Crippen molar-refractivity contribution in [3.05, 3.63) is 28.8 Å². The molecule has 1 nitrogen and oxygen atoms in total. The molecule has 22 heavy (non-hydrogen) atoms. The van der Waals surface area contributed by atoms with Gasteiger partial charge in [0.1, 0.15) is 5.75 Å². The minimum absolute atomic E-state index is 0.649. The van der Waals surface area contributed by atoms with Crippen molar-refractivity contribution < 1.29 is 5.11 Å². The Balaban J connectivity index is 1.53. The average molecular weight is 296 g/mol. The third kappa shape index (κ3) is 1.90. The Hall–Kier alpha value is -0.980. The molecule has 5 rings (SSSR count). The molecule has 4 saturated carbocycles. The molecule has 0 saturated heterocycles. The molecular weight excluding hydrogens is 268 g/mol. The zero-order chi connectivity index (χ0) is 14.8. The predicted octanol–water partition coefficient (Wildman–Crippen LogP) is 5.51. The van der Waals surface area contributed by atoms with Crippen LogP contribution in [-0.4, -0.2) is 5.11 Å². The number of hydrogen-bond acceptors (Lipinski definition) is 1. The highest BCUT2D eigenvalue weighted by molar-refractivity contribution is 5.48. The molecule has 4 aliphatic rings. The lowest BCUT2D eigenvalue weighted by atomic mass is 9.77. The van der Waals surface area contributed by atoms with E-state index in [9.17, 15) is 5.11 Å². The highest BCUT2D eigenvalue weighted by Gasteiger charge is 2.44. The van der Waals surface area contributed by atoms with Crippen LogP contribution in [0.25, 0.3) is 0 Å². The van der Waals surface area contributed by atoms with Gasteiger partial charge in [0.2, 0.25) is 0 Å². The summed E-state index contributed by atoms with van der Waals surface area (Å²) in [5, 5.41) is 11.1. The number of phenols is 1. The van der Waals surface area contributed by atoms with Gasteiger partial charge in [-0.3, -0.25) is 0 Å². The highest BCUT2D eigenvalue weighted by atomic mass is 16.3. The molecule has 4 aliphatic carbocycles. The van der Waals surface area contributed by atoms with E-state index in [0.717, 1.165) is 23.7 Å². The van der Waals surface area contributed by atoms with E-state index in [-0.39, 0.29) is 0 Å². The molecule has 0 aromatic heterocycles. The molecule has 4 bridgehead atoms. The fourth-order valence-electron chi connectivity index (χ4n) is 6.65. The van der Waals surface area contributed by atoms with Crippen LogP contribution in [0.2, 0.25) is 0 Å². The lowest BCUT2D eigenvalue weighted by Gasteiger charge is -2.28. The van der Waals surface area contributed by atoms with Crippen LogP contribution in [0.3, 0.4) is 0 Å². The first-order chi connectivity index (χ1) is 10.7. The van der Waals surface area contributed by atoms with Crippen LogP contribution in [0.15, 0.2) is 12.1 Å². The minimum atomic E-state index is 0.649. The normalized spacial score (nSPS) is 42.4. The SMILES string of the molecule is Cc1cc([C@@H]2C[C@H]3CC[C@H]2C3)c(O)c([C@@H]2C[C@H]3CC[C@H]2C3)c1. The summed E-state index contributed by atoms with van der Waals surface area (Å²) in [6.07, 6.45) is 11.2. The predicted molar refractivity (Wildman–Crippen MR) is 89.2 cm³/mol. The first kappa shape index (κ1) is 13.5. The van der Waals surface area contributed by atoms with E-state index in [1.165, 1.54) is 68.1 Å². The summed E-state index contributed by atoms with van der Waals surface area (Å²) < 4.78 is 0. The summed E-state index contributed by atoms with van der Waals surface area (Å²) in [6.45, 7) is 2.23. The van der Waals surface area contributed by atoms with Gasteiger partial charge in [-0.2, -0.15) is 0 Å². The first-order valence-corrected chi connectivity index (χ1v) is 9.52. The zero-order valence-corrected chi connectivity index (χ0v) is 13.7. The molecule has 0 radical (unpaired) electrons. The van der Waals surface area contributed by atoms with Gasteiger partial charge in [0.15, 0.2) is 0 Å². The van der Waals surface area contributed by atoms with E-state index in [4.69, 9.17) is 0 Å². The van der Waals surface area contributed by atoms with E-state index in [0.29, 0.717) is 17.6 Å². The number of rotatable bonds is 2. The largest absolute Gasteiger partial charge is 0.507 e. The van der Waals surface area contributed by atoms with Gasteiger partial charge in [-0.15, -0.1) is 0 Å². The number of fused-ring (bicyclic) bond motifs is 4. The summed E-state index contributed by atoms with van der Waals surface area (Å²) in [4.78, 5) is 0. The van der Waals surface area contributed by atoms with Crippen LogP contribution >= 0.6 is 0 Å². The monoisotopic (exact) mass is 296 g/mol. The van der Waals surface area contributed by atoms with Gasteiger partial charge >= 0.3 is 0 Å². The van der Waals surface area contributed by atoms with Crippen molar-refractivity contribution in [3.63, 3.8) is 0 Å². The maximum atomic E-state index is 11.1. The van der Waals surface area contributed by atoms with Crippen molar-refractivity contribution in [2.45, 2.75) is 70.1 Å². The summed E-state index contributed by atoms with van der Waals surface area (Å²) in [6, 6.07) is 4.61. The van der Waals surface area contributed by atoms with Crippen LogP contribution in [0.1, 0.15) is 79.9 Å². The van der Waals surface area contributed by atoms with Crippen LogP contribution < -0.4 is 0 Å². The van der Waals surface area contributed by atoms with Crippen molar-refractivity contribution in [1.29, 1.82) is 0 Å². The minimum Gasteiger partial charge on any atom is -0.507 e. The van der Waals surface area contributed by atoms with Crippen LogP contribution in [0.5, 0.6) is 5.75 Å². The number of aryl methyl sites for hydroxylation is 1. The Morgan fingerprint density at radius 1 is 0.773 bits per heavy atom. The quantitative estimate of drug-likeness (QED) is 0.763. The molecule has 1 heteroatoms. The van der Waals surface area contributed by atoms with E-state index in [1.54, 1.807) is 0 Å². The second-order valence-corrected chi connectivity index (χ2v) is 8.85. The van der Waals surface area contributed by atoms with Crippen molar-refractivity contribution in [1.82, 2.24) is 0 Å². The van der Waals surface area contributed by atoms with E-state index >= 15 is 0 Å². The third-order valence-electron chi connectivity index (χ3n) is 7.59. The summed E-state index contributed by atoms with van der Waals surface area (Å²) in [5.41, 5.74) is 3.99. The fraction of sp³-hybridized carbons (Fsp3) is 0.714. The van der Waals surface area contributed by atoms with Gasteiger partial charge in [-0.05, 0) is 92.1 Å². The first-order valence-electron chi connectivity index (χ1n) is 9.52. The molecule has 0 amide bonds. The maximum Gasteiger partial charge on any atom is 0.122 e. The van der Waals surface area contributed by atoms with Crippen molar-refractivity contribution in [3.8, 4) is 5.75 Å². The Kier molecular flexibility index (Phi) is 2.91. The van der Waals surface area contributed by atoms with Gasteiger partial charge < -0.3 is 5.11 Å². The number of phenolic OH excluding ortho intramolecular Hbond substituents is 1. The van der Waals surface area contributed by atoms with E-state index < -0.39 is 0 Å². The fourth-order valence-corrected chi connectivity index (χ4v) is 6.65. The standard InChI is InChI=1S/C21H28O/c1-12-6-19(17-10-13-2-4-15(17)8-13)21(22)20(7-12)18-11-14-3-5-16(18)9-14/h6-7,13-18,22H,2-5,8-11H2,1H3/t13-,14-,15-,16-,17+,18+/m0/s1. The molecule has 1 aromatic carbocycles. The van der Waals surface area contributed by atoms with Crippen molar-refractivity contribution in [2.75, 3.05) is 0 Å². The zero-order valence-electron chi connectivity index (χ0n) is 13.7. The number of hydrogen-bond donors (Lipinski definition) is 1. The van der Waals surface area contributed by atoms with Crippen LogP contribution in [0, 0.1) is 30.6 Å². The Morgan fingerprint density at radius 3 is 1.64 bits per heavy atom. The molecule has 118 valence electrons. The van der Waals surface area contributed by atoms with Gasteiger partial charge in [0, 0.05) is 0 Å². The molecule has 4 fully saturated rings. The summed E-state index contributed by atoms with van der Waals surface area (Å²) in [5.74, 6) is 5.59. The molecule has 6 atom stereocenters. The van der Waals surface area contributed by atoms with Crippen LogP contribution in [-0.2, 0) is 0 Å². The number of benzene rings is 1. The number of aromatic hydroxyl groups is 1. The van der Waals surface area contributed by atoms with Crippen molar-refractivity contribution >= 4 is 0 Å². The van der Waals surface area contributed by atoms with Gasteiger partial charge in [-0.25, -0.2) is 0 Å². The summed E-state index contributed by atoms with van der Waals surface area (Å²) in [7, 11) is 0. The summed E-state index contributed by atoms with van der Waals surface area (Å²) >= 11 is 0. The molecule has 0 aliphatic heterocycles. The molecule has 1 aromatic rings. The second kappa shape index (κ2) is 4.76. The third-order valence-corrected chi connectivity index (χ3v) is 7.59. The van der Waals surface area contributed by atoms with Crippen LogP contribution in [0.4, 0.5) is 0 Å². The topological polar surface area (TPSA) is 20.2 Å². The van der Waals surface area contributed by atoms with Gasteiger partial charge in [-0.1, -0.05) is 30.5 Å². The van der Waals surface area contributed by atoms with E-state index in [2.05, 4.69) is 19.1 Å². The highest BCUT2D eigenvalue weighted by Crippen LogP contribution is 2.58. The smallest absolute Gasteiger partial charge is 0.122 e. The van der Waals surface area contributed by atoms with Gasteiger partial charge in [0.25, 0.3) is 0 Å². The van der Waals surface area contributed by atoms with E-state index in [1.807, 2.05) is 0 Å². The second-order valence-electron chi connectivity index (χ2n) is 8.85. The molecule has 0 heterocycles. The van der Waals surface area contributed by atoms with Crippen molar-refractivity contribution in [2.24, 2.45) is 23.7 Å².